The smallest absolute Gasteiger partial charge is 0.453 e. The average Bonchev–Trinajstić information content (AvgIpc) is 2.87. The molecule has 3 unspecified atom stereocenters. The van der Waals surface area contributed by atoms with Crippen molar-refractivity contribution in [2.24, 2.45) is 0 Å². The molecular formula is C15H10F14O9. The lowest BCUT2D eigenvalue weighted by molar-refractivity contribution is -0.623. The highest BCUT2D eigenvalue weighted by molar-refractivity contribution is 5.90. The van der Waals surface area contributed by atoms with Crippen LogP contribution in [0.5, 0.6) is 0 Å². The van der Waals surface area contributed by atoms with Crippen LogP contribution >= 0.6 is 0 Å². The predicted molar refractivity (Wildman–Crippen MR) is 82.4 cm³/mol. The number of ketones is 1. The van der Waals surface area contributed by atoms with Crippen molar-refractivity contribution in [3.05, 3.63) is 25.3 Å². The number of carbonyl (C=O) groups is 2. The van der Waals surface area contributed by atoms with Crippen molar-refractivity contribution in [2.45, 2.75) is 41.8 Å². The van der Waals surface area contributed by atoms with Crippen molar-refractivity contribution in [1.29, 1.82) is 0 Å². The fourth-order valence-electron chi connectivity index (χ4n) is 1.76. The van der Waals surface area contributed by atoms with Crippen LogP contribution in [0.4, 0.5) is 61.9 Å². The quantitative estimate of drug-likeness (QED) is 0.0738. The monoisotopic (exact) mass is 600 g/mol. The van der Waals surface area contributed by atoms with Crippen LogP contribution in [0.15, 0.2) is 25.3 Å². The number of esters is 1. The first kappa shape index (κ1) is 35.4. The van der Waals surface area contributed by atoms with Gasteiger partial charge in [-0.05, 0) is 19.7 Å². The van der Waals surface area contributed by atoms with Crippen molar-refractivity contribution in [3.8, 4) is 0 Å². The Hall–Kier alpha value is -2.60. The SMILES string of the molecule is C=CC(=O)COC(F)(C(F)(OF)C(F)(F)OF)C(F)(OF)C(F)(F)OOC(F)(F)C(F)(F)COC(=O)C=C. The van der Waals surface area contributed by atoms with Crippen LogP contribution < -0.4 is 0 Å². The Morgan fingerprint density at radius 3 is 1.47 bits per heavy atom. The van der Waals surface area contributed by atoms with Gasteiger partial charge in [-0.3, -0.25) is 4.79 Å². The lowest BCUT2D eigenvalue weighted by Gasteiger charge is -2.43. The number of carbonyl (C=O) groups excluding carboxylic acids is 2. The van der Waals surface area contributed by atoms with Crippen LogP contribution in [0.25, 0.3) is 0 Å². The van der Waals surface area contributed by atoms with Gasteiger partial charge < -0.3 is 9.47 Å². The third-order valence-electron chi connectivity index (χ3n) is 3.77. The molecule has 9 nitrogen and oxygen atoms in total. The first-order valence-corrected chi connectivity index (χ1v) is 8.47. The second-order valence-corrected chi connectivity index (χ2v) is 6.21. The zero-order valence-electron chi connectivity index (χ0n) is 17.4. The molecule has 23 heteroatoms. The van der Waals surface area contributed by atoms with Gasteiger partial charge >= 0.3 is 47.8 Å². The minimum Gasteiger partial charge on any atom is -0.456 e. The first-order chi connectivity index (χ1) is 17.0. The van der Waals surface area contributed by atoms with Crippen molar-refractivity contribution < 1.29 is 106 Å². The maximum Gasteiger partial charge on any atom is 0.453 e. The Kier molecular flexibility index (Phi) is 11.2. The van der Waals surface area contributed by atoms with Gasteiger partial charge in [0, 0.05) is 6.08 Å². The maximum absolute atomic E-state index is 15.0. The van der Waals surface area contributed by atoms with E-state index in [1.807, 2.05) is 0 Å². The lowest BCUT2D eigenvalue weighted by atomic mass is 9.97. The molecule has 0 bridgehead atoms. The molecule has 0 aliphatic heterocycles. The van der Waals surface area contributed by atoms with Gasteiger partial charge in [0.15, 0.2) is 12.4 Å². The summed E-state index contributed by atoms with van der Waals surface area (Å²) in [5.41, 5.74) is 0. The van der Waals surface area contributed by atoms with E-state index in [0.29, 0.717) is 0 Å². The lowest BCUT2D eigenvalue weighted by Crippen LogP contribution is -2.75. The summed E-state index contributed by atoms with van der Waals surface area (Å²) in [7, 11) is 0. The summed E-state index contributed by atoms with van der Waals surface area (Å²) in [6, 6.07) is 0. The van der Waals surface area contributed by atoms with Crippen molar-refractivity contribution in [1.82, 2.24) is 0 Å². The second kappa shape index (κ2) is 12.1. The molecule has 0 rings (SSSR count). The van der Waals surface area contributed by atoms with E-state index in [0.717, 1.165) is 0 Å². The minimum atomic E-state index is -7.31. The van der Waals surface area contributed by atoms with Gasteiger partial charge in [-0.1, -0.05) is 13.2 Å². The van der Waals surface area contributed by atoms with Crippen molar-refractivity contribution >= 4 is 11.8 Å². The summed E-state index contributed by atoms with van der Waals surface area (Å²) < 4.78 is 197. The van der Waals surface area contributed by atoms with E-state index in [-0.39, 0.29) is 12.2 Å². The molecule has 0 N–H and O–H groups in total. The van der Waals surface area contributed by atoms with Gasteiger partial charge in [0.25, 0.3) is 0 Å². The van der Waals surface area contributed by atoms with Gasteiger partial charge in [-0.25, -0.2) is 4.79 Å². The summed E-state index contributed by atoms with van der Waals surface area (Å²) in [6.45, 7) is -0.0320. The van der Waals surface area contributed by atoms with E-state index < -0.39 is 66.8 Å². The molecule has 0 aliphatic rings. The highest BCUT2D eigenvalue weighted by Gasteiger charge is 2.90. The number of ether oxygens (including phenoxy) is 2. The molecule has 0 radical (unpaired) electrons. The Labute approximate surface area is 199 Å². The normalized spacial score (nSPS) is 18.1. The molecular weight excluding hydrogens is 590 g/mol. The topological polar surface area (TPSA) is 98.8 Å². The molecule has 0 saturated carbocycles. The molecule has 0 heterocycles. The number of rotatable bonds is 18. The molecule has 0 fully saturated rings. The minimum absolute atomic E-state index is 0.0315. The van der Waals surface area contributed by atoms with Crippen LogP contribution in [0.3, 0.4) is 0 Å². The molecule has 0 aromatic rings. The Morgan fingerprint density at radius 1 is 0.632 bits per heavy atom. The van der Waals surface area contributed by atoms with E-state index in [1.54, 1.807) is 9.88 Å². The van der Waals surface area contributed by atoms with E-state index in [2.05, 4.69) is 32.4 Å². The van der Waals surface area contributed by atoms with Gasteiger partial charge in [-0.15, -0.1) is 14.8 Å². The zero-order valence-corrected chi connectivity index (χ0v) is 17.4. The van der Waals surface area contributed by atoms with Crippen LogP contribution in [0, 0.1) is 0 Å². The molecule has 222 valence electrons. The first-order valence-electron chi connectivity index (χ1n) is 8.47. The van der Waals surface area contributed by atoms with E-state index in [4.69, 9.17) is 0 Å². The number of hydrogen-bond donors (Lipinski definition) is 0. The number of alkyl halides is 11. The molecule has 0 aromatic carbocycles. The molecule has 3 atom stereocenters. The third kappa shape index (κ3) is 6.33. The van der Waals surface area contributed by atoms with E-state index in [1.165, 1.54) is 4.94 Å². The van der Waals surface area contributed by atoms with Gasteiger partial charge in [0.2, 0.25) is 0 Å². The van der Waals surface area contributed by atoms with Crippen molar-refractivity contribution in [3.63, 3.8) is 0 Å². The van der Waals surface area contributed by atoms with Crippen LogP contribution in [0.2, 0.25) is 0 Å². The Bertz CT molecular complexity index is 874. The zero-order chi connectivity index (χ0) is 30.4. The molecule has 38 heavy (non-hydrogen) atoms. The molecule has 0 saturated heterocycles. The number of hydrogen-bond acceptors (Lipinski definition) is 9. The second-order valence-electron chi connectivity index (χ2n) is 6.21. The van der Waals surface area contributed by atoms with Crippen LogP contribution in [-0.4, -0.2) is 66.8 Å². The fraction of sp³-hybridized carbons (Fsp3) is 0.600. The van der Waals surface area contributed by atoms with E-state index >= 15 is 4.39 Å². The van der Waals surface area contributed by atoms with Gasteiger partial charge in [0.05, 0.1) is 0 Å². The number of halogens is 14. The summed E-state index contributed by atoms with van der Waals surface area (Å²) in [5.74, 6) is -31.3. The third-order valence-corrected chi connectivity index (χ3v) is 3.77. The largest absolute Gasteiger partial charge is 0.456 e. The maximum atomic E-state index is 15.0. The predicted octanol–water partition coefficient (Wildman–Crippen LogP) is 4.55. The molecule has 0 amide bonds. The summed E-state index contributed by atoms with van der Waals surface area (Å²) in [5, 5.41) is 0. The Morgan fingerprint density at radius 2 is 1.08 bits per heavy atom. The van der Waals surface area contributed by atoms with Crippen molar-refractivity contribution in [2.75, 3.05) is 13.2 Å². The standard InChI is InChI=1S/C15H10F14O9/c1-3-7(30)5-33-10(18,11(19,34-27)14(23,24)36-29)12(20,35-28)15(25,26)38-37-13(21,22)9(16,17)6-32-8(31)4-2/h3-4H,1-2,5-6H2. The van der Waals surface area contributed by atoms with Crippen LogP contribution in [-0.2, 0) is 43.7 Å². The molecule has 0 aliphatic carbocycles. The van der Waals surface area contributed by atoms with Crippen LogP contribution in [0.1, 0.15) is 0 Å². The average molecular weight is 600 g/mol. The van der Waals surface area contributed by atoms with Gasteiger partial charge in [0.1, 0.15) is 6.61 Å². The fourth-order valence-corrected chi connectivity index (χ4v) is 1.76. The summed E-state index contributed by atoms with van der Waals surface area (Å²) in [4.78, 5) is 30.6. The van der Waals surface area contributed by atoms with E-state index in [9.17, 15) is 67.1 Å². The highest BCUT2D eigenvalue weighted by Crippen LogP contribution is 2.57. The summed E-state index contributed by atoms with van der Waals surface area (Å²) >= 11 is 0. The highest BCUT2D eigenvalue weighted by atomic mass is 19.4. The summed E-state index contributed by atoms with van der Waals surface area (Å²) in [6.07, 6.45) is -20.7. The van der Waals surface area contributed by atoms with Gasteiger partial charge in [-0.2, -0.15) is 58.1 Å². The molecule has 0 aromatic heterocycles. The molecule has 0 spiro atoms. The Balaban J connectivity index is 6.65.